The van der Waals surface area contributed by atoms with E-state index in [0.29, 0.717) is 6.42 Å². The van der Waals surface area contributed by atoms with Gasteiger partial charge in [0.05, 0.1) is 6.42 Å². The Hall–Kier alpha value is -1.01. The molecule has 2 heteroatoms. The fourth-order valence-electron chi connectivity index (χ4n) is 0.342. The van der Waals surface area contributed by atoms with E-state index in [1.54, 1.807) is 20.2 Å². The van der Waals surface area contributed by atoms with E-state index >= 15 is 0 Å². The van der Waals surface area contributed by atoms with Crippen molar-refractivity contribution in [3.8, 4) is 0 Å². The largest absolute Gasteiger partial charge is 0.349 e. The third kappa shape index (κ3) is 3.56. The molecule has 1 amide bonds. The van der Waals surface area contributed by atoms with Crippen molar-refractivity contribution in [1.82, 2.24) is 4.90 Å². The van der Waals surface area contributed by atoms with Crippen molar-refractivity contribution in [2.24, 2.45) is 0 Å². The lowest BCUT2D eigenvalue weighted by Crippen LogP contribution is -2.20. The molecule has 0 aliphatic heterocycles. The first-order valence-corrected chi connectivity index (χ1v) is 2.73. The minimum Gasteiger partial charge on any atom is -0.349 e. The van der Waals surface area contributed by atoms with Crippen molar-refractivity contribution in [2.45, 2.75) is 6.42 Å². The molecule has 0 aromatic heterocycles. The Morgan fingerprint density at radius 2 is 2.33 bits per heavy atom. The smallest absolute Gasteiger partial charge is 0.226 e. The summed E-state index contributed by atoms with van der Waals surface area (Å²) in [6, 6.07) is 0. The summed E-state index contributed by atoms with van der Waals surface area (Å²) in [5, 5.41) is 0. The summed E-state index contributed by atoms with van der Waals surface area (Å²) in [6.45, 7) is 3.34. The van der Waals surface area contributed by atoms with Crippen LogP contribution in [0.1, 0.15) is 6.42 Å². The summed E-state index contributed by atoms with van der Waals surface area (Å²) in [6.07, 6.45) is 2.01. The van der Waals surface area contributed by atoms with Gasteiger partial charge in [-0.1, -0.05) is 6.58 Å². The van der Waals surface area contributed by atoms with Gasteiger partial charge in [0.2, 0.25) is 5.91 Å². The fourth-order valence-corrected chi connectivity index (χ4v) is 0.342. The van der Waals surface area contributed by atoms with Crippen molar-refractivity contribution in [3.05, 3.63) is 18.4 Å². The van der Waals surface area contributed by atoms with Gasteiger partial charge in [0.15, 0.2) is 0 Å². The fraction of sp³-hybridized carbons (Fsp3) is 0.429. The van der Waals surface area contributed by atoms with Gasteiger partial charge in [0, 0.05) is 14.1 Å². The van der Waals surface area contributed by atoms with Crippen molar-refractivity contribution < 1.29 is 4.79 Å². The van der Waals surface area contributed by atoms with Gasteiger partial charge >= 0.3 is 0 Å². The summed E-state index contributed by atoms with van der Waals surface area (Å²) < 4.78 is 0. The Kier molecular flexibility index (Phi) is 3.49. The lowest BCUT2D eigenvalue weighted by atomic mass is 10.4. The standard InChI is InChI=1S/C7H11NO/c1-4-5-6-7(9)8(2)3/h5H,1,6H2,2-3H3. The van der Waals surface area contributed by atoms with E-state index in [-0.39, 0.29) is 5.91 Å². The third-order valence-corrected chi connectivity index (χ3v) is 0.920. The zero-order valence-corrected chi connectivity index (χ0v) is 5.85. The second kappa shape index (κ2) is 3.93. The lowest BCUT2D eigenvalue weighted by Gasteiger charge is -2.06. The molecule has 0 aromatic carbocycles. The Morgan fingerprint density at radius 3 is 2.67 bits per heavy atom. The van der Waals surface area contributed by atoms with E-state index in [2.05, 4.69) is 12.3 Å². The van der Waals surface area contributed by atoms with E-state index in [4.69, 9.17) is 0 Å². The number of nitrogens with zero attached hydrogens (tertiary/aromatic N) is 1. The van der Waals surface area contributed by atoms with Crippen LogP contribution < -0.4 is 0 Å². The molecule has 0 atom stereocenters. The highest BCUT2D eigenvalue weighted by molar-refractivity contribution is 5.76. The molecule has 9 heavy (non-hydrogen) atoms. The second-order valence-corrected chi connectivity index (χ2v) is 1.90. The van der Waals surface area contributed by atoms with E-state index in [9.17, 15) is 4.79 Å². The molecule has 0 aliphatic carbocycles. The van der Waals surface area contributed by atoms with Gasteiger partial charge in [-0.15, -0.1) is 5.73 Å². The summed E-state index contributed by atoms with van der Waals surface area (Å²) in [5.74, 6) is 0.0751. The first kappa shape index (κ1) is 7.99. The zero-order chi connectivity index (χ0) is 7.28. The van der Waals surface area contributed by atoms with Crippen LogP contribution >= 0.6 is 0 Å². The van der Waals surface area contributed by atoms with Crippen LogP contribution in [0, 0.1) is 0 Å². The van der Waals surface area contributed by atoms with Crippen molar-refractivity contribution >= 4 is 5.91 Å². The normalized spacial score (nSPS) is 7.78. The van der Waals surface area contributed by atoms with Gasteiger partial charge in [-0.2, -0.15) is 0 Å². The van der Waals surface area contributed by atoms with Crippen molar-refractivity contribution in [3.63, 3.8) is 0 Å². The molecule has 0 saturated carbocycles. The highest BCUT2D eigenvalue weighted by Gasteiger charge is 1.97. The predicted octanol–water partition coefficient (Wildman–Crippen LogP) is 0.806. The molecule has 0 spiro atoms. The molecular weight excluding hydrogens is 114 g/mol. The maximum Gasteiger partial charge on any atom is 0.226 e. The Morgan fingerprint density at radius 1 is 1.78 bits per heavy atom. The van der Waals surface area contributed by atoms with Crippen LogP contribution in [-0.2, 0) is 4.79 Å². The maximum absolute atomic E-state index is 10.7. The van der Waals surface area contributed by atoms with Gasteiger partial charge < -0.3 is 4.90 Å². The van der Waals surface area contributed by atoms with Crippen molar-refractivity contribution in [2.75, 3.05) is 14.1 Å². The third-order valence-electron chi connectivity index (χ3n) is 0.920. The highest BCUT2D eigenvalue weighted by Crippen LogP contribution is 1.85. The van der Waals surface area contributed by atoms with Gasteiger partial charge in [-0.05, 0) is 6.08 Å². The van der Waals surface area contributed by atoms with Crippen molar-refractivity contribution in [1.29, 1.82) is 0 Å². The van der Waals surface area contributed by atoms with Crippen LogP contribution in [0.25, 0.3) is 0 Å². The number of carbonyl (C=O) groups excluding carboxylic acids is 1. The van der Waals surface area contributed by atoms with E-state index < -0.39 is 0 Å². The maximum atomic E-state index is 10.7. The average molecular weight is 125 g/mol. The van der Waals surface area contributed by atoms with Gasteiger partial charge in [0.25, 0.3) is 0 Å². The minimum absolute atomic E-state index is 0.0751. The molecule has 0 saturated heterocycles. The highest BCUT2D eigenvalue weighted by atomic mass is 16.2. The summed E-state index contributed by atoms with van der Waals surface area (Å²) in [5.41, 5.74) is 2.53. The molecule has 0 bridgehead atoms. The zero-order valence-electron chi connectivity index (χ0n) is 5.85. The topological polar surface area (TPSA) is 20.3 Å². The Balaban J connectivity index is 3.64. The quantitative estimate of drug-likeness (QED) is 0.500. The summed E-state index contributed by atoms with van der Waals surface area (Å²) >= 11 is 0. The Bertz CT molecular complexity index is 143. The SMILES string of the molecule is C=C=CCC(=O)N(C)C. The van der Waals surface area contributed by atoms with E-state index in [0.717, 1.165) is 0 Å². The van der Waals surface area contributed by atoms with Gasteiger partial charge in [-0.25, -0.2) is 0 Å². The predicted molar refractivity (Wildman–Crippen MR) is 37.0 cm³/mol. The molecule has 0 aliphatic rings. The molecule has 50 valence electrons. The van der Waals surface area contributed by atoms with Crippen LogP contribution in [0.3, 0.4) is 0 Å². The minimum atomic E-state index is 0.0751. The monoisotopic (exact) mass is 125 g/mol. The number of carbonyl (C=O) groups is 1. The molecule has 0 unspecified atom stereocenters. The van der Waals surface area contributed by atoms with Crippen LogP contribution in [0.5, 0.6) is 0 Å². The van der Waals surface area contributed by atoms with Crippen LogP contribution in [-0.4, -0.2) is 24.9 Å². The number of hydrogen-bond acceptors (Lipinski definition) is 1. The molecule has 2 nitrogen and oxygen atoms in total. The molecule has 0 aromatic rings. The molecule has 0 heterocycles. The molecule has 0 rings (SSSR count). The van der Waals surface area contributed by atoms with E-state index in [1.807, 2.05) is 0 Å². The lowest BCUT2D eigenvalue weighted by molar-refractivity contribution is -0.127. The first-order valence-electron chi connectivity index (χ1n) is 2.73. The van der Waals surface area contributed by atoms with Gasteiger partial charge in [-0.3, -0.25) is 4.79 Å². The number of rotatable bonds is 2. The second-order valence-electron chi connectivity index (χ2n) is 1.90. The number of amides is 1. The first-order chi connectivity index (χ1) is 4.18. The molecule has 0 N–H and O–H groups in total. The van der Waals surface area contributed by atoms with E-state index in [1.165, 1.54) is 4.90 Å². The van der Waals surface area contributed by atoms with Crippen LogP contribution in [0.15, 0.2) is 18.4 Å². The molecule has 0 radical (unpaired) electrons. The van der Waals surface area contributed by atoms with Crippen LogP contribution in [0.2, 0.25) is 0 Å². The van der Waals surface area contributed by atoms with Gasteiger partial charge in [0.1, 0.15) is 0 Å². The molecule has 0 fully saturated rings. The summed E-state index contributed by atoms with van der Waals surface area (Å²) in [4.78, 5) is 12.3. The van der Waals surface area contributed by atoms with Crippen LogP contribution in [0.4, 0.5) is 0 Å². The molecular formula is C7H11NO. The Labute approximate surface area is 55.5 Å². The summed E-state index contributed by atoms with van der Waals surface area (Å²) in [7, 11) is 3.44. The number of hydrogen-bond donors (Lipinski definition) is 0. The average Bonchev–Trinajstić information content (AvgIpc) is 1.82.